The van der Waals surface area contributed by atoms with Gasteiger partial charge in [-0.05, 0) is 25.8 Å². The maximum absolute atomic E-state index is 4.67. The summed E-state index contributed by atoms with van der Waals surface area (Å²) in [4.78, 5) is 10.3. The molecule has 2 heterocycles. The predicted molar refractivity (Wildman–Crippen MR) is 95.9 cm³/mol. The molecule has 2 rings (SSSR count). The van der Waals surface area contributed by atoms with E-state index in [9.17, 15) is 0 Å². The Morgan fingerprint density at radius 3 is 2.96 bits per heavy atom. The van der Waals surface area contributed by atoms with Crippen molar-refractivity contribution in [3.63, 3.8) is 0 Å². The molecule has 0 amide bonds. The van der Waals surface area contributed by atoms with E-state index >= 15 is 0 Å². The van der Waals surface area contributed by atoms with Gasteiger partial charge >= 0.3 is 0 Å². The van der Waals surface area contributed by atoms with E-state index in [2.05, 4.69) is 46.5 Å². The Kier molecular flexibility index (Phi) is 7.06. The number of aliphatic imine (C=N–C) groups is 1. The van der Waals surface area contributed by atoms with Crippen molar-refractivity contribution in [2.45, 2.75) is 33.7 Å². The highest BCUT2D eigenvalue weighted by Gasteiger charge is 2.05. The van der Waals surface area contributed by atoms with Gasteiger partial charge in [-0.1, -0.05) is 6.92 Å². The Labute approximate surface area is 142 Å². The van der Waals surface area contributed by atoms with Crippen LogP contribution in [0.3, 0.4) is 0 Å². The molecule has 0 aliphatic rings. The van der Waals surface area contributed by atoms with Crippen molar-refractivity contribution < 1.29 is 0 Å². The van der Waals surface area contributed by atoms with E-state index in [1.54, 1.807) is 11.3 Å². The molecule has 0 saturated carbocycles. The molecule has 2 aromatic rings. The van der Waals surface area contributed by atoms with Crippen LogP contribution in [0.15, 0.2) is 29.6 Å². The van der Waals surface area contributed by atoms with E-state index in [1.165, 1.54) is 4.88 Å². The summed E-state index contributed by atoms with van der Waals surface area (Å²) in [7, 11) is 0. The van der Waals surface area contributed by atoms with Crippen molar-refractivity contribution in [3.05, 3.63) is 34.5 Å². The first kappa shape index (κ1) is 17.5. The van der Waals surface area contributed by atoms with Gasteiger partial charge in [0.05, 0.1) is 5.01 Å². The van der Waals surface area contributed by atoms with Crippen molar-refractivity contribution in [2.75, 3.05) is 19.6 Å². The molecule has 0 radical (unpaired) electrons. The lowest BCUT2D eigenvalue weighted by molar-refractivity contribution is 0.458. The van der Waals surface area contributed by atoms with Gasteiger partial charge in [0.25, 0.3) is 0 Å². The summed E-state index contributed by atoms with van der Waals surface area (Å²) >= 11 is 1.75. The van der Waals surface area contributed by atoms with Gasteiger partial charge < -0.3 is 10.6 Å². The minimum Gasteiger partial charge on any atom is -0.357 e. The van der Waals surface area contributed by atoms with Crippen LogP contribution in [0.1, 0.15) is 23.7 Å². The van der Waals surface area contributed by atoms with Crippen molar-refractivity contribution in [2.24, 2.45) is 10.9 Å². The fraction of sp³-hybridized carbons (Fsp3) is 0.562. The molecule has 6 nitrogen and oxygen atoms in total. The predicted octanol–water partition coefficient (Wildman–Crippen LogP) is 2.08. The third kappa shape index (κ3) is 6.40. The summed E-state index contributed by atoms with van der Waals surface area (Å²) in [5.41, 5.74) is 0. The zero-order chi connectivity index (χ0) is 16.5. The standard InChI is InChI=1S/C16H26N6S/c1-4-17-16(18-8-6-15-19-11-14(3)23-15)20-10-13(2)12-22-9-5-7-21-22/h5,7,9,11,13H,4,6,8,10,12H2,1-3H3,(H2,17,18,20). The minimum atomic E-state index is 0.437. The largest absolute Gasteiger partial charge is 0.357 e. The van der Waals surface area contributed by atoms with Crippen LogP contribution in [0.4, 0.5) is 0 Å². The molecule has 0 bridgehead atoms. The molecule has 1 atom stereocenters. The summed E-state index contributed by atoms with van der Waals surface area (Å²) < 4.78 is 1.95. The molecule has 0 aliphatic heterocycles. The zero-order valence-electron chi connectivity index (χ0n) is 14.1. The van der Waals surface area contributed by atoms with E-state index in [1.807, 2.05) is 29.3 Å². The molecule has 2 N–H and O–H groups in total. The van der Waals surface area contributed by atoms with Gasteiger partial charge in [0.2, 0.25) is 0 Å². The van der Waals surface area contributed by atoms with Crippen molar-refractivity contribution in [1.29, 1.82) is 0 Å². The van der Waals surface area contributed by atoms with Crippen LogP contribution in [0, 0.1) is 12.8 Å². The average Bonchev–Trinajstić information content (AvgIpc) is 3.16. The molecular weight excluding hydrogens is 308 g/mol. The van der Waals surface area contributed by atoms with E-state index in [4.69, 9.17) is 0 Å². The van der Waals surface area contributed by atoms with Gasteiger partial charge in [0, 0.05) is 56.1 Å². The lowest BCUT2D eigenvalue weighted by Crippen LogP contribution is -2.38. The molecule has 7 heteroatoms. The van der Waals surface area contributed by atoms with Crippen molar-refractivity contribution in [1.82, 2.24) is 25.4 Å². The lowest BCUT2D eigenvalue weighted by atomic mass is 10.2. The van der Waals surface area contributed by atoms with E-state index in [0.29, 0.717) is 5.92 Å². The van der Waals surface area contributed by atoms with Crippen molar-refractivity contribution >= 4 is 17.3 Å². The second-order valence-corrected chi connectivity index (χ2v) is 6.91. The van der Waals surface area contributed by atoms with Crippen LogP contribution in [0.2, 0.25) is 0 Å². The highest BCUT2D eigenvalue weighted by atomic mass is 32.1. The molecule has 0 aliphatic carbocycles. The molecule has 0 saturated heterocycles. The Morgan fingerprint density at radius 1 is 1.43 bits per heavy atom. The zero-order valence-corrected chi connectivity index (χ0v) is 14.9. The highest BCUT2D eigenvalue weighted by molar-refractivity contribution is 7.11. The first-order valence-corrected chi connectivity index (χ1v) is 8.90. The topological polar surface area (TPSA) is 67.1 Å². The number of hydrogen-bond acceptors (Lipinski definition) is 4. The number of aromatic nitrogens is 3. The molecule has 1 unspecified atom stereocenters. The number of nitrogens with one attached hydrogen (secondary N) is 2. The molecule has 126 valence electrons. The fourth-order valence-corrected chi connectivity index (χ4v) is 2.97. The summed E-state index contributed by atoms with van der Waals surface area (Å²) in [5, 5.41) is 12.1. The highest BCUT2D eigenvalue weighted by Crippen LogP contribution is 2.10. The number of aryl methyl sites for hydroxylation is 1. The van der Waals surface area contributed by atoms with Crippen LogP contribution >= 0.6 is 11.3 Å². The van der Waals surface area contributed by atoms with Crippen LogP contribution in [-0.2, 0) is 13.0 Å². The summed E-state index contributed by atoms with van der Waals surface area (Å²) in [6.07, 6.45) is 6.64. The SMILES string of the molecule is CCNC(=NCC(C)Cn1cccn1)NCCc1ncc(C)s1. The van der Waals surface area contributed by atoms with E-state index in [0.717, 1.165) is 43.6 Å². The maximum Gasteiger partial charge on any atom is 0.191 e. The Morgan fingerprint density at radius 2 is 2.30 bits per heavy atom. The minimum absolute atomic E-state index is 0.437. The maximum atomic E-state index is 4.67. The van der Waals surface area contributed by atoms with Crippen LogP contribution in [0.25, 0.3) is 0 Å². The number of rotatable bonds is 8. The summed E-state index contributed by atoms with van der Waals surface area (Å²) in [6.45, 7) is 9.70. The molecule has 0 spiro atoms. The van der Waals surface area contributed by atoms with Gasteiger partial charge in [0.15, 0.2) is 5.96 Å². The Bertz CT molecular complexity index is 589. The molecule has 23 heavy (non-hydrogen) atoms. The average molecular weight is 334 g/mol. The number of thiazole rings is 1. The third-order valence-electron chi connectivity index (χ3n) is 3.26. The smallest absolute Gasteiger partial charge is 0.191 e. The van der Waals surface area contributed by atoms with E-state index < -0.39 is 0 Å². The second-order valence-electron chi connectivity index (χ2n) is 5.59. The normalized spacial score (nSPS) is 13.1. The lowest BCUT2D eigenvalue weighted by Gasteiger charge is -2.13. The molecular formula is C16H26N6S. The number of nitrogens with zero attached hydrogens (tertiary/aromatic N) is 4. The number of guanidine groups is 1. The summed E-state index contributed by atoms with van der Waals surface area (Å²) in [6, 6.07) is 1.95. The van der Waals surface area contributed by atoms with Gasteiger partial charge in [-0.25, -0.2) is 4.98 Å². The van der Waals surface area contributed by atoms with Gasteiger partial charge in [-0.15, -0.1) is 11.3 Å². The van der Waals surface area contributed by atoms with Crippen LogP contribution < -0.4 is 10.6 Å². The Balaban J connectivity index is 1.76. The van der Waals surface area contributed by atoms with Crippen LogP contribution in [-0.4, -0.2) is 40.4 Å². The third-order valence-corrected chi connectivity index (χ3v) is 4.24. The monoisotopic (exact) mass is 334 g/mol. The van der Waals surface area contributed by atoms with Crippen molar-refractivity contribution in [3.8, 4) is 0 Å². The fourth-order valence-electron chi connectivity index (χ4n) is 2.18. The Hall–Kier alpha value is -1.89. The van der Waals surface area contributed by atoms with Gasteiger partial charge in [-0.2, -0.15) is 5.10 Å². The van der Waals surface area contributed by atoms with E-state index in [-0.39, 0.29) is 0 Å². The molecule has 0 fully saturated rings. The number of hydrogen-bond donors (Lipinski definition) is 2. The molecule has 2 aromatic heterocycles. The first-order chi connectivity index (χ1) is 11.2. The van der Waals surface area contributed by atoms with Gasteiger partial charge in [-0.3, -0.25) is 9.67 Å². The first-order valence-electron chi connectivity index (χ1n) is 8.08. The quantitative estimate of drug-likeness (QED) is 0.573. The van der Waals surface area contributed by atoms with Crippen LogP contribution in [0.5, 0.6) is 0 Å². The second kappa shape index (κ2) is 9.29. The summed E-state index contributed by atoms with van der Waals surface area (Å²) in [5.74, 6) is 1.31. The van der Waals surface area contributed by atoms with Gasteiger partial charge in [0.1, 0.15) is 0 Å². The molecule has 0 aromatic carbocycles.